The number of nitrogens with zero attached hydrogens (tertiary/aromatic N) is 2. The summed E-state index contributed by atoms with van der Waals surface area (Å²) < 4.78 is 6.67. The van der Waals surface area contributed by atoms with Crippen LogP contribution in [0, 0.1) is 0 Å². The number of carbonyl (C=O) groups is 1. The molecule has 0 unspecified atom stereocenters. The lowest BCUT2D eigenvalue weighted by Crippen LogP contribution is -2.21. The van der Waals surface area contributed by atoms with E-state index in [2.05, 4.69) is 4.98 Å². The van der Waals surface area contributed by atoms with Crippen molar-refractivity contribution in [1.29, 1.82) is 0 Å². The molecule has 0 saturated carbocycles. The molecule has 0 spiro atoms. The topological polar surface area (TPSA) is 61.2 Å². The molecule has 25 heavy (non-hydrogen) atoms. The number of ether oxygens (including phenoxy) is 1. The highest BCUT2D eigenvalue weighted by Crippen LogP contribution is 2.15. The zero-order valence-corrected chi connectivity index (χ0v) is 14.0. The van der Waals surface area contributed by atoms with Crippen LogP contribution in [-0.4, -0.2) is 15.5 Å². The monoisotopic (exact) mass is 354 g/mol. The number of halogens is 1. The van der Waals surface area contributed by atoms with Crippen LogP contribution in [0.2, 0.25) is 5.02 Å². The Balaban J connectivity index is 1.75. The number of rotatable bonds is 5. The summed E-state index contributed by atoms with van der Waals surface area (Å²) in [6.45, 7) is 0.350. The Hall–Kier alpha value is -2.92. The fourth-order valence-corrected chi connectivity index (χ4v) is 2.49. The molecule has 0 fully saturated rings. The molecule has 0 aliphatic heterocycles. The van der Waals surface area contributed by atoms with E-state index in [1.54, 1.807) is 24.4 Å². The third kappa shape index (κ3) is 4.33. The Labute approximate surface area is 149 Å². The second kappa shape index (κ2) is 7.77. The van der Waals surface area contributed by atoms with E-state index in [4.69, 9.17) is 16.3 Å². The third-order valence-electron chi connectivity index (χ3n) is 3.59. The van der Waals surface area contributed by atoms with Gasteiger partial charge < -0.3 is 9.30 Å². The molecule has 2 aromatic heterocycles. The van der Waals surface area contributed by atoms with Crippen LogP contribution in [0.15, 0.2) is 71.8 Å². The van der Waals surface area contributed by atoms with Gasteiger partial charge in [-0.1, -0.05) is 35.9 Å². The molecular formula is C19H15ClN2O3. The van der Waals surface area contributed by atoms with Gasteiger partial charge in [-0.15, -0.1) is 0 Å². The Morgan fingerprint density at radius 2 is 1.88 bits per heavy atom. The summed E-state index contributed by atoms with van der Waals surface area (Å²) in [4.78, 5) is 28.4. The SMILES string of the molecule is O=C(OCc1ccccn1)c1ccc(=O)n(Cc2ccccc2Cl)c1. The van der Waals surface area contributed by atoms with E-state index in [0.29, 0.717) is 16.3 Å². The first-order chi connectivity index (χ1) is 12.1. The van der Waals surface area contributed by atoms with Crippen molar-refractivity contribution in [3.8, 4) is 0 Å². The second-order valence-electron chi connectivity index (χ2n) is 5.37. The van der Waals surface area contributed by atoms with Crippen molar-refractivity contribution in [3.05, 3.63) is 99.2 Å². The molecular weight excluding hydrogens is 340 g/mol. The lowest BCUT2D eigenvalue weighted by atomic mass is 10.2. The van der Waals surface area contributed by atoms with Gasteiger partial charge in [0.1, 0.15) is 6.61 Å². The minimum atomic E-state index is -0.515. The van der Waals surface area contributed by atoms with Gasteiger partial charge >= 0.3 is 5.97 Å². The minimum Gasteiger partial charge on any atom is -0.456 e. The molecule has 3 rings (SSSR count). The van der Waals surface area contributed by atoms with Crippen LogP contribution < -0.4 is 5.56 Å². The lowest BCUT2D eigenvalue weighted by Gasteiger charge is -2.09. The number of benzene rings is 1. The largest absolute Gasteiger partial charge is 0.456 e. The molecule has 6 heteroatoms. The average Bonchev–Trinajstić information content (AvgIpc) is 2.64. The van der Waals surface area contributed by atoms with Crippen LogP contribution in [0.4, 0.5) is 0 Å². The summed E-state index contributed by atoms with van der Waals surface area (Å²) in [6, 6.07) is 15.4. The van der Waals surface area contributed by atoms with E-state index in [9.17, 15) is 9.59 Å². The van der Waals surface area contributed by atoms with Crippen LogP contribution in [0.3, 0.4) is 0 Å². The van der Waals surface area contributed by atoms with Crippen molar-refractivity contribution in [2.75, 3.05) is 0 Å². The fourth-order valence-electron chi connectivity index (χ4n) is 2.29. The maximum atomic E-state index is 12.2. The summed E-state index contributed by atoms with van der Waals surface area (Å²) in [5.41, 5.74) is 1.52. The smallest absolute Gasteiger partial charge is 0.340 e. The van der Waals surface area contributed by atoms with Crippen LogP contribution >= 0.6 is 11.6 Å². The Bertz CT molecular complexity index is 939. The first kappa shape index (κ1) is 16.9. The zero-order valence-electron chi connectivity index (χ0n) is 13.3. The van der Waals surface area contributed by atoms with Gasteiger partial charge in [0.25, 0.3) is 5.56 Å². The van der Waals surface area contributed by atoms with Gasteiger partial charge in [-0.2, -0.15) is 0 Å². The number of hydrogen-bond acceptors (Lipinski definition) is 4. The van der Waals surface area contributed by atoms with Crippen molar-refractivity contribution in [3.63, 3.8) is 0 Å². The lowest BCUT2D eigenvalue weighted by molar-refractivity contribution is 0.0466. The van der Waals surface area contributed by atoms with Gasteiger partial charge in [-0.25, -0.2) is 4.79 Å². The average molecular weight is 355 g/mol. The maximum absolute atomic E-state index is 12.2. The van der Waals surface area contributed by atoms with Gasteiger partial charge in [0.05, 0.1) is 17.8 Å². The summed E-state index contributed by atoms with van der Waals surface area (Å²) in [5.74, 6) is -0.515. The third-order valence-corrected chi connectivity index (χ3v) is 3.96. The molecule has 3 aromatic rings. The van der Waals surface area contributed by atoms with Crippen molar-refractivity contribution >= 4 is 17.6 Å². The number of pyridine rings is 2. The number of hydrogen-bond donors (Lipinski definition) is 0. The van der Waals surface area contributed by atoms with Gasteiger partial charge in [-0.05, 0) is 29.8 Å². The van der Waals surface area contributed by atoms with Crippen LogP contribution in [0.5, 0.6) is 0 Å². The summed E-state index contributed by atoms with van der Waals surface area (Å²) in [7, 11) is 0. The van der Waals surface area contributed by atoms with E-state index in [0.717, 1.165) is 5.56 Å². The molecule has 0 aliphatic carbocycles. The highest BCUT2D eigenvalue weighted by Gasteiger charge is 2.11. The Morgan fingerprint density at radius 1 is 1.08 bits per heavy atom. The molecule has 1 aromatic carbocycles. The highest BCUT2D eigenvalue weighted by molar-refractivity contribution is 6.31. The molecule has 0 saturated heterocycles. The standard InChI is InChI=1S/C19H15ClN2O3/c20-17-7-2-1-5-14(17)11-22-12-15(8-9-18(22)23)19(24)25-13-16-6-3-4-10-21-16/h1-10,12H,11,13H2. The number of carbonyl (C=O) groups excluding carboxylic acids is 1. The highest BCUT2D eigenvalue weighted by atomic mass is 35.5. The molecule has 0 radical (unpaired) electrons. The van der Waals surface area contributed by atoms with E-state index < -0.39 is 5.97 Å². The predicted octanol–water partition coefficient (Wildman–Crippen LogP) is 3.30. The van der Waals surface area contributed by atoms with Crippen LogP contribution in [0.1, 0.15) is 21.6 Å². The van der Waals surface area contributed by atoms with Crippen molar-refractivity contribution < 1.29 is 9.53 Å². The molecule has 0 amide bonds. The molecule has 0 atom stereocenters. The number of aromatic nitrogens is 2. The van der Waals surface area contributed by atoms with Gasteiger partial charge in [-0.3, -0.25) is 9.78 Å². The van der Waals surface area contributed by atoms with E-state index in [1.165, 1.54) is 22.9 Å². The minimum absolute atomic E-state index is 0.0727. The Kier molecular flexibility index (Phi) is 5.26. The maximum Gasteiger partial charge on any atom is 0.340 e. The van der Waals surface area contributed by atoms with E-state index >= 15 is 0 Å². The molecule has 2 heterocycles. The van der Waals surface area contributed by atoms with Crippen molar-refractivity contribution in [1.82, 2.24) is 9.55 Å². The first-order valence-electron chi connectivity index (χ1n) is 7.64. The first-order valence-corrected chi connectivity index (χ1v) is 8.02. The Morgan fingerprint density at radius 3 is 2.64 bits per heavy atom. The molecule has 0 aliphatic rings. The molecule has 5 nitrogen and oxygen atoms in total. The van der Waals surface area contributed by atoms with Gasteiger partial charge in [0.15, 0.2) is 0 Å². The summed E-state index contributed by atoms with van der Waals surface area (Å²) >= 11 is 6.13. The second-order valence-corrected chi connectivity index (χ2v) is 5.78. The van der Waals surface area contributed by atoms with Crippen LogP contribution in [-0.2, 0) is 17.9 Å². The van der Waals surface area contributed by atoms with Crippen molar-refractivity contribution in [2.24, 2.45) is 0 Å². The van der Waals surface area contributed by atoms with E-state index in [1.807, 2.05) is 24.3 Å². The fraction of sp³-hybridized carbons (Fsp3) is 0.105. The number of esters is 1. The normalized spacial score (nSPS) is 10.4. The molecule has 126 valence electrons. The van der Waals surface area contributed by atoms with Crippen LogP contribution in [0.25, 0.3) is 0 Å². The zero-order chi connectivity index (χ0) is 17.6. The van der Waals surface area contributed by atoms with Gasteiger partial charge in [0.2, 0.25) is 0 Å². The summed E-state index contributed by atoms with van der Waals surface area (Å²) in [5, 5.41) is 0.567. The molecule has 0 bridgehead atoms. The predicted molar refractivity (Wildman–Crippen MR) is 94.6 cm³/mol. The van der Waals surface area contributed by atoms with Crippen molar-refractivity contribution in [2.45, 2.75) is 13.2 Å². The molecule has 0 N–H and O–H groups in total. The summed E-state index contributed by atoms with van der Waals surface area (Å²) in [6.07, 6.45) is 3.11. The quantitative estimate of drug-likeness (QED) is 0.659. The van der Waals surface area contributed by atoms with E-state index in [-0.39, 0.29) is 18.7 Å². The van der Waals surface area contributed by atoms with Gasteiger partial charge in [0, 0.05) is 23.5 Å².